The zero-order valence-electron chi connectivity index (χ0n) is 17.2. The lowest BCUT2D eigenvalue weighted by Gasteiger charge is -2.16. The van der Waals surface area contributed by atoms with Gasteiger partial charge in [-0.25, -0.2) is 9.97 Å². The lowest BCUT2D eigenvalue weighted by Crippen LogP contribution is -2.32. The molecule has 0 radical (unpaired) electrons. The van der Waals surface area contributed by atoms with Crippen LogP contribution in [0.5, 0.6) is 0 Å². The number of aromatic nitrogens is 4. The fourth-order valence-electron chi connectivity index (χ4n) is 3.47. The van der Waals surface area contributed by atoms with Gasteiger partial charge in [-0.15, -0.1) is 0 Å². The number of nitrogens with zero attached hydrogens (tertiary/aromatic N) is 4. The fraction of sp³-hybridized carbons (Fsp3) is 0.217. The molecule has 4 aromatic rings. The zero-order valence-corrected chi connectivity index (χ0v) is 17.2. The van der Waals surface area contributed by atoms with Gasteiger partial charge in [0.25, 0.3) is 5.91 Å². The summed E-state index contributed by atoms with van der Waals surface area (Å²) in [4.78, 5) is 34.4. The predicted octanol–water partition coefficient (Wildman–Crippen LogP) is 3.40. The van der Waals surface area contributed by atoms with Gasteiger partial charge in [0, 0.05) is 36.5 Å². The van der Waals surface area contributed by atoms with Crippen molar-refractivity contribution in [3.8, 4) is 5.69 Å². The SMILES string of the molecule is CCn1cc(C(=O)NC(C)c2ccc(-n3ccnc3)cc2)c(=O)c2ccc(C)nc21. The van der Waals surface area contributed by atoms with Crippen molar-refractivity contribution in [3.63, 3.8) is 0 Å². The maximum absolute atomic E-state index is 12.9. The summed E-state index contributed by atoms with van der Waals surface area (Å²) in [5.74, 6) is -0.393. The third-order valence-corrected chi connectivity index (χ3v) is 5.19. The lowest BCUT2D eigenvalue weighted by atomic mass is 10.1. The molecule has 7 heteroatoms. The Labute approximate surface area is 174 Å². The van der Waals surface area contributed by atoms with Crippen molar-refractivity contribution in [1.29, 1.82) is 0 Å². The monoisotopic (exact) mass is 401 g/mol. The van der Waals surface area contributed by atoms with E-state index in [4.69, 9.17) is 0 Å². The summed E-state index contributed by atoms with van der Waals surface area (Å²) < 4.78 is 3.74. The Hall–Kier alpha value is -3.74. The average Bonchev–Trinajstić information content (AvgIpc) is 3.29. The molecule has 1 unspecified atom stereocenters. The Kier molecular flexibility index (Phi) is 5.18. The minimum absolute atomic E-state index is 0.122. The molecule has 0 aliphatic rings. The summed E-state index contributed by atoms with van der Waals surface area (Å²) in [5, 5.41) is 3.39. The predicted molar refractivity (Wildman–Crippen MR) is 116 cm³/mol. The molecule has 1 amide bonds. The highest BCUT2D eigenvalue weighted by Crippen LogP contribution is 2.17. The van der Waals surface area contributed by atoms with Gasteiger partial charge in [-0.1, -0.05) is 12.1 Å². The molecular formula is C23H23N5O2. The van der Waals surface area contributed by atoms with E-state index in [-0.39, 0.29) is 17.0 Å². The third-order valence-electron chi connectivity index (χ3n) is 5.19. The molecule has 0 saturated carbocycles. The van der Waals surface area contributed by atoms with Gasteiger partial charge in [0.2, 0.25) is 5.43 Å². The zero-order chi connectivity index (χ0) is 21.3. The number of hydrogen-bond donors (Lipinski definition) is 1. The molecule has 3 aromatic heterocycles. The van der Waals surface area contributed by atoms with E-state index >= 15 is 0 Å². The average molecular weight is 401 g/mol. The van der Waals surface area contributed by atoms with Crippen molar-refractivity contribution in [2.75, 3.05) is 0 Å². The van der Waals surface area contributed by atoms with Crippen LogP contribution in [0.4, 0.5) is 0 Å². The Morgan fingerprint density at radius 1 is 1.17 bits per heavy atom. The Bertz CT molecular complexity index is 1260. The van der Waals surface area contributed by atoms with E-state index in [1.807, 2.05) is 60.4 Å². The highest BCUT2D eigenvalue weighted by atomic mass is 16.2. The number of carbonyl (C=O) groups excluding carboxylic acids is 1. The van der Waals surface area contributed by atoms with Crippen molar-refractivity contribution in [1.82, 2.24) is 24.4 Å². The summed E-state index contributed by atoms with van der Waals surface area (Å²) in [6.07, 6.45) is 6.92. The molecule has 0 bridgehead atoms. The molecule has 30 heavy (non-hydrogen) atoms. The van der Waals surface area contributed by atoms with Crippen LogP contribution in [-0.2, 0) is 6.54 Å². The molecule has 4 rings (SSSR count). The van der Waals surface area contributed by atoms with Crippen LogP contribution >= 0.6 is 0 Å². The largest absolute Gasteiger partial charge is 0.345 e. The van der Waals surface area contributed by atoms with Gasteiger partial charge in [0.05, 0.1) is 17.8 Å². The second-order valence-electron chi connectivity index (χ2n) is 7.24. The molecule has 1 N–H and O–H groups in total. The minimum atomic E-state index is -0.393. The fourth-order valence-corrected chi connectivity index (χ4v) is 3.47. The summed E-state index contributed by atoms with van der Waals surface area (Å²) >= 11 is 0. The molecular weight excluding hydrogens is 378 g/mol. The van der Waals surface area contributed by atoms with E-state index in [1.165, 1.54) is 0 Å². The molecule has 0 aliphatic heterocycles. The third kappa shape index (κ3) is 3.61. The molecule has 1 atom stereocenters. The van der Waals surface area contributed by atoms with Gasteiger partial charge < -0.3 is 14.5 Å². The van der Waals surface area contributed by atoms with E-state index < -0.39 is 5.91 Å². The summed E-state index contributed by atoms with van der Waals surface area (Å²) in [6, 6.07) is 11.1. The number of fused-ring (bicyclic) bond motifs is 1. The van der Waals surface area contributed by atoms with E-state index in [0.29, 0.717) is 17.6 Å². The van der Waals surface area contributed by atoms with Crippen LogP contribution in [0.25, 0.3) is 16.7 Å². The van der Waals surface area contributed by atoms with Crippen LogP contribution in [0.2, 0.25) is 0 Å². The summed E-state index contributed by atoms with van der Waals surface area (Å²) in [5.41, 5.74) is 3.18. The number of rotatable bonds is 5. The number of amides is 1. The summed E-state index contributed by atoms with van der Waals surface area (Å²) in [6.45, 7) is 6.34. The Morgan fingerprint density at radius 3 is 2.60 bits per heavy atom. The van der Waals surface area contributed by atoms with Crippen LogP contribution in [0.1, 0.15) is 41.5 Å². The Morgan fingerprint density at radius 2 is 1.93 bits per heavy atom. The second-order valence-corrected chi connectivity index (χ2v) is 7.24. The van der Waals surface area contributed by atoms with Crippen LogP contribution in [0.3, 0.4) is 0 Å². The van der Waals surface area contributed by atoms with Gasteiger partial charge in [0.1, 0.15) is 11.2 Å². The normalized spacial score (nSPS) is 12.1. The first kappa shape index (κ1) is 19.6. The van der Waals surface area contributed by atoms with Crippen LogP contribution < -0.4 is 10.7 Å². The van der Waals surface area contributed by atoms with Crippen LogP contribution in [0.15, 0.2) is 66.1 Å². The number of carbonyl (C=O) groups is 1. The van der Waals surface area contributed by atoms with E-state index in [9.17, 15) is 9.59 Å². The van der Waals surface area contributed by atoms with Crippen LogP contribution in [0, 0.1) is 6.92 Å². The minimum Gasteiger partial charge on any atom is -0.345 e. The molecule has 7 nitrogen and oxygen atoms in total. The maximum atomic E-state index is 12.9. The van der Waals surface area contributed by atoms with Crippen molar-refractivity contribution in [2.45, 2.75) is 33.4 Å². The van der Waals surface area contributed by atoms with Crippen molar-refractivity contribution in [2.24, 2.45) is 0 Å². The van der Waals surface area contributed by atoms with E-state index in [1.54, 1.807) is 30.9 Å². The van der Waals surface area contributed by atoms with Gasteiger partial charge in [-0.3, -0.25) is 9.59 Å². The quantitative estimate of drug-likeness (QED) is 0.556. The van der Waals surface area contributed by atoms with Crippen molar-refractivity contribution in [3.05, 3.63) is 88.4 Å². The van der Waals surface area contributed by atoms with Gasteiger partial charge in [-0.05, 0) is 50.6 Å². The molecule has 152 valence electrons. The maximum Gasteiger partial charge on any atom is 0.257 e. The second kappa shape index (κ2) is 7.94. The standard InChI is InChI=1S/C23H23N5O2/c1-4-27-13-20(21(29)19-10-5-15(2)25-22(19)27)23(30)26-16(3)17-6-8-18(9-7-17)28-12-11-24-14-28/h5-14,16H,4H2,1-3H3,(H,26,30). The number of aryl methyl sites for hydroxylation is 2. The lowest BCUT2D eigenvalue weighted by molar-refractivity contribution is 0.0938. The van der Waals surface area contributed by atoms with Gasteiger partial charge in [0.15, 0.2) is 0 Å². The highest BCUT2D eigenvalue weighted by Gasteiger charge is 2.18. The first-order valence-electron chi connectivity index (χ1n) is 9.88. The number of hydrogen-bond acceptors (Lipinski definition) is 4. The van der Waals surface area contributed by atoms with Gasteiger partial charge in [-0.2, -0.15) is 0 Å². The topological polar surface area (TPSA) is 81.8 Å². The number of benzene rings is 1. The van der Waals surface area contributed by atoms with Crippen molar-refractivity contribution >= 4 is 16.9 Å². The molecule has 0 saturated heterocycles. The number of imidazole rings is 1. The molecule has 3 heterocycles. The van der Waals surface area contributed by atoms with Crippen LogP contribution in [-0.4, -0.2) is 25.0 Å². The Balaban J connectivity index is 1.60. The molecule has 0 fully saturated rings. The molecule has 0 spiro atoms. The first-order valence-corrected chi connectivity index (χ1v) is 9.88. The molecule has 0 aliphatic carbocycles. The van der Waals surface area contributed by atoms with Crippen molar-refractivity contribution < 1.29 is 4.79 Å². The highest BCUT2D eigenvalue weighted by molar-refractivity contribution is 5.97. The molecule has 1 aromatic carbocycles. The van der Waals surface area contributed by atoms with Gasteiger partial charge >= 0.3 is 0 Å². The number of nitrogens with one attached hydrogen (secondary N) is 1. The van der Waals surface area contributed by atoms with E-state index in [2.05, 4.69) is 15.3 Å². The van der Waals surface area contributed by atoms with E-state index in [0.717, 1.165) is 16.9 Å². The number of pyridine rings is 2. The first-order chi connectivity index (χ1) is 14.5. The smallest absolute Gasteiger partial charge is 0.257 e. The summed E-state index contributed by atoms with van der Waals surface area (Å²) in [7, 11) is 0.